The van der Waals surface area contributed by atoms with Gasteiger partial charge in [0.1, 0.15) is 18.0 Å². The number of aromatic nitrogens is 2. The summed E-state index contributed by atoms with van der Waals surface area (Å²) < 4.78 is 0. The minimum Gasteiger partial charge on any atom is -0.394 e. The van der Waals surface area contributed by atoms with Gasteiger partial charge in [0.2, 0.25) is 0 Å². The Morgan fingerprint density at radius 2 is 2.00 bits per heavy atom. The minimum absolute atomic E-state index is 0.0722. The van der Waals surface area contributed by atoms with Gasteiger partial charge in [0.25, 0.3) is 0 Å². The highest BCUT2D eigenvalue weighted by Gasteiger charge is 2.27. The van der Waals surface area contributed by atoms with Crippen molar-refractivity contribution in [3.05, 3.63) is 11.9 Å². The molecular formula is C15H28N4O. The van der Waals surface area contributed by atoms with E-state index in [0.717, 1.165) is 30.2 Å². The smallest absolute Gasteiger partial charge is 0.137 e. The molecule has 1 aromatic heterocycles. The van der Waals surface area contributed by atoms with E-state index in [1.807, 2.05) is 25.8 Å². The van der Waals surface area contributed by atoms with E-state index >= 15 is 0 Å². The molecule has 0 aromatic carbocycles. The first-order valence-corrected chi connectivity index (χ1v) is 7.28. The van der Waals surface area contributed by atoms with Crippen molar-refractivity contribution in [3.8, 4) is 0 Å². The van der Waals surface area contributed by atoms with Crippen LogP contribution in [0.4, 0.5) is 11.6 Å². The molecule has 0 aliphatic carbocycles. The average molecular weight is 280 g/mol. The van der Waals surface area contributed by atoms with Gasteiger partial charge in [-0.25, -0.2) is 9.97 Å². The van der Waals surface area contributed by atoms with Gasteiger partial charge in [-0.1, -0.05) is 20.8 Å². The molecule has 0 radical (unpaired) electrons. The molecule has 0 unspecified atom stereocenters. The largest absolute Gasteiger partial charge is 0.394 e. The van der Waals surface area contributed by atoms with Crippen molar-refractivity contribution in [2.75, 3.05) is 30.4 Å². The Morgan fingerprint density at radius 1 is 1.35 bits per heavy atom. The van der Waals surface area contributed by atoms with E-state index in [1.54, 1.807) is 6.33 Å². The molecular weight excluding hydrogens is 252 g/mol. The molecule has 0 saturated heterocycles. The molecule has 0 spiro atoms. The van der Waals surface area contributed by atoms with Crippen LogP contribution in [-0.2, 0) is 0 Å². The van der Waals surface area contributed by atoms with Crippen LogP contribution in [0, 0.1) is 0 Å². The maximum atomic E-state index is 9.57. The molecule has 0 atom stereocenters. The summed E-state index contributed by atoms with van der Waals surface area (Å²) in [4.78, 5) is 10.9. The second kappa shape index (κ2) is 6.88. The molecule has 2 N–H and O–H groups in total. The van der Waals surface area contributed by atoms with E-state index in [4.69, 9.17) is 0 Å². The van der Waals surface area contributed by atoms with Gasteiger partial charge in [0.05, 0.1) is 12.1 Å². The lowest BCUT2D eigenvalue weighted by Gasteiger charge is -2.36. The molecule has 1 heterocycles. The molecule has 0 aliphatic heterocycles. The Hall–Kier alpha value is -1.36. The lowest BCUT2D eigenvalue weighted by molar-refractivity contribution is 0.215. The van der Waals surface area contributed by atoms with Crippen molar-refractivity contribution in [1.29, 1.82) is 0 Å². The Morgan fingerprint density at radius 3 is 2.50 bits per heavy atom. The second-order valence-corrected chi connectivity index (χ2v) is 6.07. The van der Waals surface area contributed by atoms with Crippen LogP contribution in [0.2, 0.25) is 0 Å². The molecule has 0 saturated carbocycles. The topological polar surface area (TPSA) is 61.3 Å². The summed E-state index contributed by atoms with van der Waals surface area (Å²) in [7, 11) is 1.97. The SMILES string of the molecule is CCCNc1ncnc(N(C)C(C)(C)CO)c1C(C)C. The average Bonchev–Trinajstić information content (AvgIpc) is 2.43. The van der Waals surface area contributed by atoms with Crippen LogP contribution in [0.15, 0.2) is 6.33 Å². The number of nitrogens with one attached hydrogen (secondary N) is 1. The Labute approximate surface area is 122 Å². The molecule has 5 heteroatoms. The van der Waals surface area contributed by atoms with Crippen LogP contribution in [0.3, 0.4) is 0 Å². The quantitative estimate of drug-likeness (QED) is 0.804. The highest BCUT2D eigenvalue weighted by Crippen LogP contribution is 2.33. The highest BCUT2D eigenvalue weighted by molar-refractivity contribution is 5.61. The molecule has 20 heavy (non-hydrogen) atoms. The standard InChI is InChI=1S/C15H28N4O/c1-7-8-16-13-12(11(2)3)14(18-10-17-13)19(6)15(4,5)9-20/h10-11,20H,7-9H2,1-6H3,(H,16,17,18). The number of nitrogens with zero attached hydrogens (tertiary/aromatic N) is 3. The zero-order valence-corrected chi connectivity index (χ0v) is 13.6. The van der Waals surface area contributed by atoms with E-state index in [0.29, 0.717) is 5.92 Å². The maximum Gasteiger partial charge on any atom is 0.137 e. The van der Waals surface area contributed by atoms with Crippen LogP contribution in [-0.4, -0.2) is 40.8 Å². The normalized spacial score (nSPS) is 11.8. The second-order valence-electron chi connectivity index (χ2n) is 6.07. The number of aliphatic hydroxyl groups excluding tert-OH is 1. The Balaban J connectivity index is 3.25. The summed E-state index contributed by atoms with van der Waals surface area (Å²) in [6.07, 6.45) is 2.64. The third-order valence-electron chi connectivity index (χ3n) is 3.60. The van der Waals surface area contributed by atoms with E-state index in [9.17, 15) is 5.11 Å². The molecule has 114 valence electrons. The van der Waals surface area contributed by atoms with Gasteiger partial charge in [-0.3, -0.25) is 0 Å². The van der Waals surface area contributed by atoms with Crippen molar-refractivity contribution in [2.24, 2.45) is 0 Å². The molecule has 1 rings (SSSR count). The van der Waals surface area contributed by atoms with Gasteiger partial charge in [-0.05, 0) is 26.2 Å². The van der Waals surface area contributed by atoms with Crippen LogP contribution in [0.5, 0.6) is 0 Å². The van der Waals surface area contributed by atoms with Gasteiger partial charge in [-0.2, -0.15) is 0 Å². The zero-order chi connectivity index (χ0) is 15.3. The van der Waals surface area contributed by atoms with Crippen molar-refractivity contribution < 1.29 is 5.11 Å². The predicted octanol–water partition coefficient (Wildman–Crippen LogP) is 2.63. The zero-order valence-electron chi connectivity index (χ0n) is 13.6. The van der Waals surface area contributed by atoms with Crippen molar-refractivity contribution in [3.63, 3.8) is 0 Å². The van der Waals surface area contributed by atoms with E-state index in [2.05, 4.69) is 36.1 Å². The van der Waals surface area contributed by atoms with E-state index < -0.39 is 0 Å². The first kappa shape index (κ1) is 16.7. The summed E-state index contributed by atoms with van der Waals surface area (Å²) in [6.45, 7) is 11.4. The summed E-state index contributed by atoms with van der Waals surface area (Å²) in [5.74, 6) is 2.09. The summed E-state index contributed by atoms with van der Waals surface area (Å²) in [5.41, 5.74) is 0.741. The lowest BCUT2D eigenvalue weighted by Crippen LogP contribution is -2.45. The highest BCUT2D eigenvalue weighted by atomic mass is 16.3. The fourth-order valence-electron chi connectivity index (χ4n) is 1.96. The van der Waals surface area contributed by atoms with Crippen LogP contribution < -0.4 is 10.2 Å². The molecule has 5 nitrogen and oxygen atoms in total. The van der Waals surface area contributed by atoms with Gasteiger partial charge >= 0.3 is 0 Å². The number of rotatable bonds is 7. The van der Waals surface area contributed by atoms with Gasteiger partial charge in [-0.15, -0.1) is 0 Å². The lowest BCUT2D eigenvalue weighted by atomic mass is 10.00. The number of aliphatic hydroxyl groups is 1. The van der Waals surface area contributed by atoms with Crippen LogP contribution in [0.1, 0.15) is 52.5 Å². The number of anilines is 2. The van der Waals surface area contributed by atoms with Gasteiger partial charge in [0.15, 0.2) is 0 Å². The monoisotopic (exact) mass is 280 g/mol. The maximum absolute atomic E-state index is 9.57. The first-order valence-electron chi connectivity index (χ1n) is 7.28. The first-order chi connectivity index (χ1) is 9.35. The third kappa shape index (κ3) is 3.60. The molecule has 1 aromatic rings. The number of likely N-dealkylation sites (N-methyl/N-ethyl adjacent to an activating group) is 1. The van der Waals surface area contributed by atoms with Crippen molar-refractivity contribution in [2.45, 2.75) is 52.5 Å². The summed E-state index contributed by atoms with van der Waals surface area (Å²) >= 11 is 0. The van der Waals surface area contributed by atoms with Crippen molar-refractivity contribution in [1.82, 2.24) is 9.97 Å². The Bertz CT molecular complexity index is 432. The number of hydrogen-bond donors (Lipinski definition) is 2. The Kier molecular flexibility index (Phi) is 5.74. The van der Waals surface area contributed by atoms with E-state index in [1.165, 1.54) is 0 Å². The fraction of sp³-hybridized carbons (Fsp3) is 0.733. The van der Waals surface area contributed by atoms with Crippen LogP contribution >= 0.6 is 0 Å². The molecule has 0 fully saturated rings. The molecule has 0 aliphatic rings. The van der Waals surface area contributed by atoms with Crippen molar-refractivity contribution >= 4 is 11.6 Å². The van der Waals surface area contributed by atoms with Gasteiger partial charge in [0, 0.05) is 19.2 Å². The summed E-state index contributed by atoms with van der Waals surface area (Å²) in [5, 5.41) is 12.9. The minimum atomic E-state index is -0.361. The summed E-state index contributed by atoms with van der Waals surface area (Å²) in [6, 6.07) is 0. The number of hydrogen-bond acceptors (Lipinski definition) is 5. The van der Waals surface area contributed by atoms with Crippen LogP contribution in [0.25, 0.3) is 0 Å². The molecule has 0 amide bonds. The third-order valence-corrected chi connectivity index (χ3v) is 3.60. The molecule has 0 bridgehead atoms. The predicted molar refractivity (Wildman–Crippen MR) is 84.5 cm³/mol. The fourth-order valence-corrected chi connectivity index (χ4v) is 1.96. The van der Waals surface area contributed by atoms with E-state index in [-0.39, 0.29) is 12.1 Å². The van der Waals surface area contributed by atoms with Gasteiger partial charge < -0.3 is 15.3 Å².